The second-order valence-corrected chi connectivity index (χ2v) is 9.35. The molecule has 0 aliphatic heterocycles. The van der Waals surface area contributed by atoms with Crippen molar-refractivity contribution < 1.29 is 14.4 Å². The van der Waals surface area contributed by atoms with E-state index < -0.39 is 5.25 Å². The third-order valence-corrected chi connectivity index (χ3v) is 6.52. The second kappa shape index (κ2) is 10.1. The number of nitrogens with one attached hydrogen (secondary N) is 1. The van der Waals surface area contributed by atoms with Crippen molar-refractivity contribution in [3.8, 4) is 5.69 Å². The number of Topliss-reactive ketones (excluding diaryl/α,β-unsaturated/α-hetero) is 2. The van der Waals surface area contributed by atoms with E-state index in [-0.39, 0.29) is 23.0 Å². The number of hydrogen-bond donors (Lipinski definition) is 1. The van der Waals surface area contributed by atoms with E-state index >= 15 is 0 Å². The fourth-order valence-corrected chi connectivity index (χ4v) is 4.46. The highest BCUT2D eigenvalue weighted by Crippen LogP contribution is 2.26. The lowest BCUT2D eigenvalue weighted by Gasteiger charge is -2.17. The second-order valence-electron chi connectivity index (χ2n) is 8.04. The molecule has 3 aromatic carbocycles. The highest BCUT2D eigenvalue weighted by molar-refractivity contribution is 8.00. The number of fused-ring (bicyclic) bond motifs is 1. The van der Waals surface area contributed by atoms with Crippen molar-refractivity contribution in [2.45, 2.75) is 31.2 Å². The van der Waals surface area contributed by atoms with E-state index in [1.54, 1.807) is 79.7 Å². The van der Waals surface area contributed by atoms with Gasteiger partial charge in [-0.2, -0.15) is 0 Å². The largest absolute Gasteiger partial charge is 0.325 e. The Morgan fingerprint density at radius 1 is 0.886 bits per heavy atom. The summed E-state index contributed by atoms with van der Waals surface area (Å²) in [6.45, 7) is 4.67. The third kappa shape index (κ3) is 5.22. The summed E-state index contributed by atoms with van der Waals surface area (Å²) >= 11 is 1.15. The molecule has 0 radical (unpaired) electrons. The maximum atomic E-state index is 13.4. The number of rotatable bonds is 7. The molecule has 35 heavy (non-hydrogen) atoms. The Hall–Kier alpha value is -4.04. The molecule has 4 rings (SSSR count). The van der Waals surface area contributed by atoms with Gasteiger partial charge in [0.2, 0.25) is 5.91 Å². The fraction of sp³-hybridized carbons (Fsp3) is 0.148. The lowest BCUT2D eigenvalue weighted by Crippen LogP contribution is -2.26. The van der Waals surface area contributed by atoms with E-state index in [1.165, 1.54) is 18.4 Å². The van der Waals surface area contributed by atoms with Crippen molar-refractivity contribution >= 4 is 45.8 Å². The van der Waals surface area contributed by atoms with Crippen LogP contribution in [0.4, 0.5) is 5.69 Å². The quantitative estimate of drug-likeness (QED) is 0.227. The Balaban J connectivity index is 1.69. The van der Waals surface area contributed by atoms with Crippen molar-refractivity contribution in [3.63, 3.8) is 0 Å². The predicted octanol–water partition coefficient (Wildman–Crippen LogP) is 4.91. The van der Waals surface area contributed by atoms with Gasteiger partial charge in [0.15, 0.2) is 16.7 Å². The summed E-state index contributed by atoms with van der Waals surface area (Å²) in [5, 5.41) is 3.02. The van der Waals surface area contributed by atoms with E-state index in [0.29, 0.717) is 38.6 Å². The lowest BCUT2D eigenvalue weighted by atomic mass is 10.1. The molecule has 0 bridgehead atoms. The van der Waals surface area contributed by atoms with Gasteiger partial charge in [-0.3, -0.25) is 23.7 Å². The maximum absolute atomic E-state index is 13.4. The molecule has 0 spiro atoms. The van der Waals surface area contributed by atoms with Gasteiger partial charge in [-0.1, -0.05) is 36.0 Å². The molecular weight excluding hydrogens is 462 g/mol. The first-order chi connectivity index (χ1) is 16.7. The summed E-state index contributed by atoms with van der Waals surface area (Å²) in [4.78, 5) is 54.4. The number of para-hydroxylation sites is 1. The standard InChI is InChI=1S/C27H23N3O4S/c1-16(31)19-11-13-22(14-12-19)30-26(34)23-9-4-5-10-24(23)29-27(30)35-18(3)25(33)28-21-8-6-7-20(15-21)17(2)32/h4-15,18H,1-3H3,(H,28,33). The topological polar surface area (TPSA) is 98.1 Å². The molecule has 1 unspecified atom stereocenters. The molecule has 0 aliphatic carbocycles. The average Bonchev–Trinajstić information content (AvgIpc) is 2.84. The number of carbonyl (C=O) groups is 3. The first-order valence-corrected chi connectivity index (χ1v) is 11.8. The molecule has 0 saturated heterocycles. The van der Waals surface area contributed by atoms with E-state index in [9.17, 15) is 19.2 Å². The molecule has 0 saturated carbocycles. The van der Waals surface area contributed by atoms with E-state index in [0.717, 1.165) is 11.8 Å². The van der Waals surface area contributed by atoms with E-state index in [2.05, 4.69) is 10.3 Å². The van der Waals surface area contributed by atoms with Crippen LogP contribution in [0.3, 0.4) is 0 Å². The van der Waals surface area contributed by atoms with Crippen molar-refractivity contribution in [2.75, 3.05) is 5.32 Å². The van der Waals surface area contributed by atoms with Gasteiger partial charge in [-0.05, 0) is 69.3 Å². The van der Waals surface area contributed by atoms with Crippen LogP contribution in [0.2, 0.25) is 0 Å². The molecule has 7 nitrogen and oxygen atoms in total. The number of amides is 1. The number of thioether (sulfide) groups is 1. The van der Waals surface area contributed by atoms with Crippen LogP contribution in [0.25, 0.3) is 16.6 Å². The minimum atomic E-state index is -0.605. The van der Waals surface area contributed by atoms with Crippen LogP contribution in [0.1, 0.15) is 41.5 Å². The van der Waals surface area contributed by atoms with E-state index in [4.69, 9.17) is 0 Å². The first-order valence-electron chi connectivity index (χ1n) is 11.0. The summed E-state index contributed by atoms with van der Waals surface area (Å²) in [7, 11) is 0. The van der Waals surface area contributed by atoms with Crippen molar-refractivity contribution in [2.24, 2.45) is 0 Å². The third-order valence-electron chi connectivity index (χ3n) is 5.47. The van der Waals surface area contributed by atoms with Gasteiger partial charge in [0.05, 0.1) is 21.8 Å². The van der Waals surface area contributed by atoms with Crippen molar-refractivity contribution in [3.05, 3.63) is 94.3 Å². The molecule has 1 aromatic heterocycles. The summed E-state index contributed by atoms with van der Waals surface area (Å²) in [5.74, 6) is -0.463. The minimum absolute atomic E-state index is 0.0748. The Bertz CT molecular complexity index is 1510. The van der Waals surface area contributed by atoms with Gasteiger partial charge >= 0.3 is 0 Å². The number of anilines is 1. The predicted molar refractivity (Wildman–Crippen MR) is 138 cm³/mol. The van der Waals surface area contributed by atoms with Gasteiger partial charge in [-0.15, -0.1) is 0 Å². The van der Waals surface area contributed by atoms with Crippen LogP contribution >= 0.6 is 11.8 Å². The first kappa shape index (κ1) is 24.1. The van der Waals surface area contributed by atoms with Gasteiger partial charge in [0.1, 0.15) is 0 Å². The van der Waals surface area contributed by atoms with Gasteiger partial charge < -0.3 is 5.32 Å². The molecule has 176 valence electrons. The van der Waals surface area contributed by atoms with Gasteiger partial charge in [0.25, 0.3) is 5.56 Å². The normalized spacial score (nSPS) is 11.7. The van der Waals surface area contributed by atoms with Crippen LogP contribution in [0.15, 0.2) is 82.7 Å². The monoisotopic (exact) mass is 485 g/mol. The number of benzene rings is 3. The lowest BCUT2D eigenvalue weighted by molar-refractivity contribution is -0.115. The summed E-state index contributed by atoms with van der Waals surface area (Å²) in [5.41, 5.74) is 2.35. The highest BCUT2D eigenvalue weighted by Gasteiger charge is 2.21. The molecule has 1 heterocycles. The van der Waals surface area contributed by atoms with Crippen molar-refractivity contribution in [1.29, 1.82) is 0 Å². The Kier molecular flexibility index (Phi) is 6.93. The SMILES string of the molecule is CC(=O)c1ccc(-n2c(SC(C)C(=O)Nc3cccc(C(C)=O)c3)nc3ccccc3c2=O)cc1. The number of carbonyl (C=O) groups excluding carboxylic acids is 3. The smallest absolute Gasteiger partial charge is 0.266 e. The van der Waals surface area contributed by atoms with Gasteiger partial charge in [0, 0.05) is 16.8 Å². The molecule has 4 aromatic rings. The van der Waals surface area contributed by atoms with Crippen LogP contribution < -0.4 is 10.9 Å². The van der Waals surface area contributed by atoms with Crippen LogP contribution in [-0.2, 0) is 4.79 Å². The Morgan fingerprint density at radius 2 is 1.57 bits per heavy atom. The Morgan fingerprint density at radius 3 is 2.26 bits per heavy atom. The van der Waals surface area contributed by atoms with E-state index in [1.807, 2.05) is 0 Å². The zero-order chi connectivity index (χ0) is 25.1. The number of nitrogens with zero attached hydrogens (tertiary/aromatic N) is 2. The zero-order valence-corrected chi connectivity index (χ0v) is 20.3. The molecule has 0 fully saturated rings. The zero-order valence-electron chi connectivity index (χ0n) is 19.4. The molecule has 1 atom stereocenters. The van der Waals surface area contributed by atoms with Crippen LogP contribution in [0, 0.1) is 0 Å². The summed E-state index contributed by atoms with van der Waals surface area (Å²) < 4.78 is 1.46. The fourth-order valence-electron chi connectivity index (χ4n) is 3.54. The van der Waals surface area contributed by atoms with Crippen LogP contribution in [-0.4, -0.2) is 32.3 Å². The molecule has 1 amide bonds. The highest BCUT2D eigenvalue weighted by atomic mass is 32.2. The number of ketones is 2. The maximum Gasteiger partial charge on any atom is 0.266 e. The molecule has 1 N–H and O–H groups in total. The molecular formula is C27H23N3O4S. The summed E-state index contributed by atoms with van der Waals surface area (Å²) in [6.07, 6.45) is 0. The Labute approximate surface area is 206 Å². The molecule has 8 heteroatoms. The van der Waals surface area contributed by atoms with Crippen molar-refractivity contribution in [1.82, 2.24) is 9.55 Å². The van der Waals surface area contributed by atoms with Gasteiger partial charge in [-0.25, -0.2) is 4.98 Å². The number of hydrogen-bond acceptors (Lipinski definition) is 6. The average molecular weight is 486 g/mol. The number of aromatic nitrogens is 2. The summed E-state index contributed by atoms with van der Waals surface area (Å²) in [6, 6.07) is 20.5. The molecule has 0 aliphatic rings. The minimum Gasteiger partial charge on any atom is -0.325 e. The van der Waals surface area contributed by atoms with Crippen LogP contribution in [0.5, 0.6) is 0 Å².